The van der Waals surface area contributed by atoms with Crippen molar-refractivity contribution in [3.63, 3.8) is 0 Å². The zero-order valence-corrected chi connectivity index (χ0v) is 7.72. The fraction of sp³-hybridized carbons (Fsp3) is 1.00. The molecule has 1 saturated carbocycles. The smallest absolute Gasteiger partial charge is 0.0360 e. The van der Waals surface area contributed by atoms with Crippen LogP contribution in [0.4, 0.5) is 0 Å². The SMILES string of the molecule is CC(C)C1CCC1C(C)C. The highest BCUT2D eigenvalue weighted by atomic mass is 14.4. The summed E-state index contributed by atoms with van der Waals surface area (Å²) in [6.45, 7) is 9.44. The van der Waals surface area contributed by atoms with Gasteiger partial charge in [-0.1, -0.05) is 27.7 Å². The van der Waals surface area contributed by atoms with Crippen LogP contribution in [0.1, 0.15) is 40.5 Å². The normalized spacial score (nSPS) is 33.0. The molecule has 0 bridgehead atoms. The Kier molecular flexibility index (Phi) is 2.38. The van der Waals surface area contributed by atoms with Gasteiger partial charge in [-0.15, -0.1) is 0 Å². The fourth-order valence-corrected chi connectivity index (χ4v) is 2.21. The third-order valence-corrected chi connectivity index (χ3v) is 3.10. The van der Waals surface area contributed by atoms with Gasteiger partial charge in [0.15, 0.2) is 0 Å². The molecule has 0 radical (unpaired) electrons. The molecule has 1 aliphatic rings. The van der Waals surface area contributed by atoms with Crippen LogP contribution in [0, 0.1) is 23.7 Å². The Morgan fingerprint density at radius 2 is 1.10 bits per heavy atom. The molecule has 0 heterocycles. The van der Waals surface area contributed by atoms with E-state index in [0.717, 1.165) is 23.7 Å². The average Bonchev–Trinajstić information content (AvgIpc) is 1.56. The van der Waals surface area contributed by atoms with Gasteiger partial charge < -0.3 is 0 Å². The van der Waals surface area contributed by atoms with Crippen molar-refractivity contribution in [1.82, 2.24) is 0 Å². The lowest BCUT2D eigenvalue weighted by molar-refractivity contribution is 0.0793. The highest BCUT2D eigenvalue weighted by molar-refractivity contribution is 4.84. The first-order valence-corrected chi connectivity index (χ1v) is 4.63. The first kappa shape index (κ1) is 8.10. The lowest BCUT2D eigenvalue weighted by Gasteiger charge is -2.42. The van der Waals surface area contributed by atoms with Crippen molar-refractivity contribution in [2.45, 2.75) is 40.5 Å². The molecule has 0 spiro atoms. The van der Waals surface area contributed by atoms with Gasteiger partial charge in [-0.05, 0) is 36.5 Å². The fourth-order valence-electron chi connectivity index (χ4n) is 2.21. The second kappa shape index (κ2) is 2.94. The van der Waals surface area contributed by atoms with Crippen LogP contribution in [0.15, 0.2) is 0 Å². The molecule has 0 nitrogen and oxygen atoms in total. The standard InChI is InChI=1S/C10H20/c1-7(2)9-5-6-10(9)8(3)4/h7-10H,5-6H2,1-4H3. The summed E-state index contributed by atoms with van der Waals surface area (Å²) < 4.78 is 0. The van der Waals surface area contributed by atoms with Gasteiger partial charge in [-0.2, -0.15) is 0 Å². The minimum absolute atomic E-state index is 0.918. The van der Waals surface area contributed by atoms with Crippen LogP contribution < -0.4 is 0 Å². The van der Waals surface area contributed by atoms with Crippen LogP contribution in [0.3, 0.4) is 0 Å². The first-order valence-electron chi connectivity index (χ1n) is 4.63. The van der Waals surface area contributed by atoms with Crippen molar-refractivity contribution in [2.24, 2.45) is 23.7 Å². The molecule has 60 valence electrons. The van der Waals surface area contributed by atoms with Crippen LogP contribution in [-0.2, 0) is 0 Å². The van der Waals surface area contributed by atoms with E-state index in [0.29, 0.717) is 0 Å². The summed E-state index contributed by atoms with van der Waals surface area (Å²) in [6, 6.07) is 0. The molecule has 2 unspecified atom stereocenters. The highest BCUT2D eigenvalue weighted by Gasteiger charge is 2.34. The topological polar surface area (TPSA) is 0 Å². The molecule has 0 aliphatic heterocycles. The van der Waals surface area contributed by atoms with Crippen molar-refractivity contribution < 1.29 is 0 Å². The molecular formula is C10H20. The van der Waals surface area contributed by atoms with Gasteiger partial charge in [-0.3, -0.25) is 0 Å². The minimum atomic E-state index is 0.918. The predicted molar refractivity (Wildman–Crippen MR) is 45.9 cm³/mol. The van der Waals surface area contributed by atoms with E-state index >= 15 is 0 Å². The Labute approximate surface area is 65.0 Å². The highest BCUT2D eigenvalue weighted by Crippen LogP contribution is 2.43. The van der Waals surface area contributed by atoms with Crippen molar-refractivity contribution in [1.29, 1.82) is 0 Å². The molecule has 0 amide bonds. The van der Waals surface area contributed by atoms with E-state index in [1.54, 1.807) is 0 Å². The molecule has 0 heteroatoms. The van der Waals surface area contributed by atoms with Crippen LogP contribution in [0.2, 0.25) is 0 Å². The summed E-state index contributed by atoms with van der Waals surface area (Å²) in [5, 5.41) is 0. The lowest BCUT2D eigenvalue weighted by Crippen LogP contribution is -2.33. The summed E-state index contributed by atoms with van der Waals surface area (Å²) in [6.07, 6.45) is 2.97. The minimum Gasteiger partial charge on any atom is -0.0625 e. The van der Waals surface area contributed by atoms with Crippen LogP contribution in [-0.4, -0.2) is 0 Å². The van der Waals surface area contributed by atoms with Gasteiger partial charge >= 0.3 is 0 Å². The van der Waals surface area contributed by atoms with E-state index in [-0.39, 0.29) is 0 Å². The number of hydrogen-bond acceptors (Lipinski definition) is 0. The zero-order chi connectivity index (χ0) is 7.72. The van der Waals surface area contributed by atoms with Gasteiger partial charge in [-0.25, -0.2) is 0 Å². The van der Waals surface area contributed by atoms with E-state index in [2.05, 4.69) is 27.7 Å². The van der Waals surface area contributed by atoms with E-state index in [1.807, 2.05) is 0 Å². The summed E-state index contributed by atoms with van der Waals surface area (Å²) >= 11 is 0. The van der Waals surface area contributed by atoms with E-state index in [9.17, 15) is 0 Å². The first-order chi connectivity index (χ1) is 4.63. The number of rotatable bonds is 2. The lowest BCUT2D eigenvalue weighted by atomic mass is 9.64. The molecule has 0 aromatic rings. The number of hydrogen-bond donors (Lipinski definition) is 0. The van der Waals surface area contributed by atoms with Gasteiger partial charge in [0.05, 0.1) is 0 Å². The third-order valence-electron chi connectivity index (χ3n) is 3.10. The van der Waals surface area contributed by atoms with Crippen molar-refractivity contribution in [2.75, 3.05) is 0 Å². The quantitative estimate of drug-likeness (QED) is 0.552. The van der Waals surface area contributed by atoms with Crippen molar-refractivity contribution >= 4 is 0 Å². The van der Waals surface area contributed by atoms with E-state index < -0.39 is 0 Å². The van der Waals surface area contributed by atoms with Gasteiger partial charge in [0.25, 0.3) is 0 Å². The molecule has 0 N–H and O–H groups in total. The third kappa shape index (κ3) is 1.36. The molecule has 2 atom stereocenters. The van der Waals surface area contributed by atoms with E-state index in [4.69, 9.17) is 0 Å². The monoisotopic (exact) mass is 140 g/mol. The van der Waals surface area contributed by atoms with Crippen molar-refractivity contribution in [3.8, 4) is 0 Å². The molecule has 0 saturated heterocycles. The molecule has 1 rings (SSSR count). The van der Waals surface area contributed by atoms with Crippen LogP contribution >= 0.6 is 0 Å². The Balaban J connectivity index is 2.36. The zero-order valence-electron chi connectivity index (χ0n) is 7.72. The van der Waals surface area contributed by atoms with Crippen molar-refractivity contribution in [3.05, 3.63) is 0 Å². The second-order valence-corrected chi connectivity index (χ2v) is 4.39. The van der Waals surface area contributed by atoms with E-state index in [1.165, 1.54) is 12.8 Å². The Hall–Kier alpha value is 0. The summed E-state index contributed by atoms with van der Waals surface area (Å²) in [4.78, 5) is 0. The average molecular weight is 140 g/mol. The summed E-state index contributed by atoms with van der Waals surface area (Å²) in [5.74, 6) is 3.92. The molecule has 0 aromatic carbocycles. The summed E-state index contributed by atoms with van der Waals surface area (Å²) in [5.41, 5.74) is 0. The predicted octanol–water partition coefficient (Wildman–Crippen LogP) is 3.32. The molecule has 0 aromatic heterocycles. The van der Waals surface area contributed by atoms with Gasteiger partial charge in [0.2, 0.25) is 0 Å². The Morgan fingerprint density at radius 1 is 0.800 bits per heavy atom. The van der Waals surface area contributed by atoms with Crippen LogP contribution in [0.25, 0.3) is 0 Å². The summed E-state index contributed by atoms with van der Waals surface area (Å²) in [7, 11) is 0. The molecule has 1 fully saturated rings. The molecular weight excluding hydrogens is 120 g/mol. The Morgan fingerprint density at radius 3 is 1.20 bits per heavy atom. The second-order valence-electron chi connectivity index (χ2n) is 4.39. The molecule has 1 aliphatic carbocycles. The van der Waals surface area contributed by atoms with Crippen LogP contribution in [0.5, 0.6) is 0 Å². The Bertz CT molecular complexity index is 88.6. The largest absolute Gasteiger partial charge is 0.0625 e. The molecule has 10 heavy (non-hydrogen) atoms. The maximum atomic E-state index is 2.36. The maximum Gasteiger partial charge on any atom is -0.0360 e. The maximum absolute atomic E-state index is 2.36. The van der Waals surface area contributed by atoms with Gasteiger partial charge in [0.1, 0.15) is 0 Å². The van der Waals surface area contributed by atoms with Gasteiger partial charge in [0, 0.05) is 0 Å².